The second-order valence-electron chi connectivity index (χ2n) is 7.39. The second kappa shape index (κ2) is 10.5. The highest BCUT2D eigenvalue weighted by Crippen LogP contribution is 2.12. The van der Waals surface area contributed by atoms with Gasteiger partial charge in [-0.2, -0.15) is 0 Å². The average Bonchev–Trinajstić information content (AvgIpc) is 3.05. The molecule has 0 fully saturated rings. The fourth-order valence-electron chi connectivity index (χ4n) is 2.96. The maximum atomic E-state index is 13.4. The van der Waals surface area contributed by atoms with Gasteiger partial charge in [0, 0.05) is 37.7 Å². The van der Waals surface area contributed by atoms with Crippen molar-refractivity contribution >= 4 is 17.6 Å². The first kappa shape index (κ1) is 22.2. The minimum atomic E-state index is -0.479. The summed E-state index contributed by atoms with van der Waals surface area (Å²) in [5.41, 5.74) is 1.35. The van der Waals surface area contributed by atoms with Gasteiger partial charge >= 0.3 is 6.03 Å². The molecular weight excluding hydrogens is 371 g/mol. The lowest BCUT2D eigenvalue weighted by atomic mass is 10.2. The molecule has 0 radical (unpaired) electrons. The maximum absolute atomic E-state index is 13.4. The number of hydrogen-bond acceptors (Lipinski definition) is 2. The van der Waals surface area contributed by atoms with Gasteiger partial charge in [0.15, 0.2) is 0 Å². The molecule has 0 aliphatic rings. The van der Waals surface area contributed by atoms with Gasteiger partial charge in [0.05, 0.1) is 6.54 Å². The topological polar surface area (TPSA) is 57.6 Å². The Morgan fingerprint density at radius 1 is 1.24 bits per heavy atom. The highest BCUT2D eigenvalue weighted by molar-refractivity contribution is 5.92. The van der Waals surface area contributed by atoms with Gasteiger partial charge in [0.2, 0.25) is 5.91 Å². The van der Waals surface area contributed by atoms with Crippen LogP contribution in [0.15, 0.2) is 55.3 Å². The molecule has 29 heavy (non-hydrogen) atoms. The summed E-state index contributed by atoms with van der Waals surface area (Å²) in [5.74, 6) is -0.316. The number of nitrogens with zero attached hydrogens (tertiary/aromatic N) is 3. The van der Waals surface area contributed by atoms with Crippen LogP contribution in [0.4, 0.5) is 14.9 Å². The van der Waals surface area contributed by atoms with Crippen LogP contribution in [0.2, 0.25) is 0 Å². The van der Waals surface area contributed by atoms with Crippen molar-refractivity contribution in [1.82, 2.24) is 14.4 Å². The summed E-state index contributed by atoms with van der Waals surface area (Å²) >= 11 is 0. The molecule has 3 amide bonds. The van der Waals surface area contributed by atoms with Crippen LogP contribution in [0, 0.1) is 11.7 Å². The first-order valence-electron chi connectivity index (χ1n) is 9.60. The number of benzene rings is 1. The molecule has 0 saturated carbocycles. The molecule has 2 aromatic rings. The van der Waals surface area contributed by atoms with Crippen LogP contribution in [-0.4, -0.2) is 45.9 Å². The Hall–Kier alpha value is -3.09. The molecule has 0 bridgehead atoms. The number of carbonyl (C=O) groups is 2. The third kappa shape index (κ3) is 6.78. The summed E-state index contributed by atoms with van der Waals surface area (Å²) < 4.78 is 15.3. The Morgan fingerprint density at radius 3 is 2.59 bits per heavy atom. The van der Waals surface area contributed by atoms with Gasteiger partial charge in [-0.1, -0.05) is 26.0 Å². The van der Waals surface area contributed by atoms with Crippen molar-refractivity contribution in [2.75, 3.05) is 25.0 Å². The van der Waals surface area contributed by atoms with Gasteiger partial charge in [0.25, 0.3) is 0 Å². The Kier molecular flexibility index (Phi) is 8.00. The van der Waals surface area contributed by atoms with E-state index in [0.717, 1.165) is 5.69 Å². The fourth-order valence-corrected chi connectivity index (χ4v) is 2.96. The minimum absolute atomic E-state index is 0.0929. The molecule has 7 heteroatoms. The van der Waals surface area contributed by atoms with E-state index in [1.54, 1.807) is 17.0 Å². The first-order chi connectivity index (χ1) is 13.8. The minimum Gasteiger partial charge on any atom is -0.353 e. The number of amides is 3. The summed E-state index contributed by atoms with van der Waals surface area (Å²) in [6.07, 6.45) is 3.49. The summed E-state index contributed by atoms with van der Waals surface area (Å²) in [6.45, 7) is 8.91. The Bertz CT molecular complexity index is 847. The van der Waals surface area contributed by atoms with Gasteiger partial charge in [0.1, 0.15) is 12.4 Å². The molecule has 1 N–H and O–H groups in total. The van der Waals surface area contributed by atoms with Crippen LogP contribution in [0.1, 0.15) is 19.5 Å². The summed E-state index contributed by atoms with van der Waals surface area (Å²) in [7, 11) is 1.93. The van der Waals surface area contributed by atoms with Gasteiger partial charge < -0.3 is 19.7 Å². The Labute approximate surface area is 171 Å². The van der Waals surface area contributed by atoms with E-state index in [-0.39, 0.29) is 24.9 Å². The molecule has 1 aromatic carbocycles. The molecule has 0 aliphatic heterocycles. The van der Waals surface area contributed by atoms with E-state index in [2.05, 4.69) is 11.9 Å². The molecule has 1 aromatic heterocycles. The van der Waals surface area contributed by atoms with Crippen LogP contribution >= 0.6 is 0 Å². The third-order valence-electron chi connectivity index (χ3n) is 4.38. The zero-order chi connectivity index (χ0) is 21.4. The van der Waals surface area contributed by atoms with E-state index in [0.29, 0.717) is 18.8 Å². The van der Waals surface area contributed by atoms with Crippen molar-refractivity contribution in [1.29, 1.82) is 0 Å². The first-order valence-corrected chi connectivity index (χ1v) is 9.60. The zero-order valence-corrected chi connectivity index (χ0v) is 17.3. The monoisotopic (exact) mass is 400 g/mol. The maximum Gasteiger partial charge on any atom is 0.322 e. The lowest BCUT2D eigenvalue weighted by Gasteiger charge is -2.28. The van der Waals surface area contributed by atoms with E-state index in [9.17, 15) is 14.0 Å². The predicted molar refractivity (Wildman–Crippen MR) is 113 cm³/mol. The zero-order valence-electron chi connectivity index (χ0n) is 17.3. The van der Waals surface area contributed by atoms with E-state index in [1.807, 2.05) is 43.8 Å². The SMILES string of the molecule is C=CCN(CC(=O)N(Cc1cccn1C)CC(C)C)C(=O)Nc1cccc(F)c1. The molecule has 0 aliphatic carbocycles. The molecule has 2 rings (SSSR count). The average molecular weight is 400 g/mol. The lowest BCUT2D eigenvalue weighted by molar-refractivity contribution is -0.132. The number of aryl methyl sites for hydroxylation is 1. The van der Waals surface area contributed by atoms with Gasteiger partial charge in [-0.15, -0.1) is 6.58 Å². The number of carbonyl (C=O) groups excluding carboxylic acids is 2. The second-order valence-corrected chi connectivity index (χ2v) is 7.39. The Morgan fingerprint density at radius 2 is 2.00 bits per heavy atom. The largest absolute Gasteiger partial charge is 0.353 e. The van der Waals surface area contributed by atoms with Crippen molar-refractivity contribution in [3.8, 4) is 0 Å². The van der Waals surface area contributed by atoms with Crippen LogP contribution in [0.3, 0.4) is 0 Å². The number of anilines is 1. The predicted octanol–water partition coefficient (Wildman–Crippen LogP) is 3.87. The summed E-state index contributed by atoms with van der Waals surface area (Å²) in [6, 6.07) is 9.06. The summed E-state index contributed by atoms with van der Waals surface area (Å²) in [5, 5.41) is 2.63. The van der Waals surface area contributed by atoms with Crippen molar-refractivity contribution in [2.24, 2.45) is 13.0 Å². The molecular formula is C22H29FN4O2. The van der Waals surface area contributed by atoms with Crippen molar-refractivity contribution in [2.45, 2.75) is 20.4 Å². The van der Waals surface area contributed by atoms with E-state index >= 15 is 0 Å². The fraction of sp³-hybridized carbons (Fsp3) is 0.364. The number of halogens is 1. The number of hydrogen-bond donors (Lipinski definition) is 1. The van der Waals surface area contributed by atoms with Crippen LogP contribution in [0.25, 0.3) is 0 Å². The van der Waals surface area contributed by atoms with Crippen molar-refractivity contribution in [3.63, 3.8) is 0 Å². The van der Waals surface area contributed by atoms with Gasteiger partial charge in [-0.05, 0) is 36.2 Å². The molecule has 0 spiro atoms. The van der Waals surface area contributed by atoms with E-state index < -0.39 is 11.8 Å². The molecule has 0 saturated heterocycles. The normalized spacial score (nSPS) is 10.7. The number of aromatic nitrogens is 1. The van der Waals surface area contributed by atoms with Gasteiger partial charge in [-0.25, -0.2) is 9.18 Å². The van der Waals surface area contributed by atoms with Crippen LogP contribution in [-0.2, 0) is 18.4 Å². The standard InChI is InChI=1S/C22H29FN4O2/c1-5-11-26(22(29)24-19-9-6-8-18(23)13-19)16-21(28)27(14-17(2)3)15-20-10-7-12-25(20)4/h5-10,12-13,17H,1,11,14-16H2,2-4H3,(H,24,29). The van der Waals surface area contributed by atoms with E-state index in [4.69, 9.17) is 0 Å². The number of urea groups is 1. The molecule has 0 unspecified atom stereocenters. The van der Waals surface area contributed by atoms with Crippen molar-refractivity contribution < 1.29 is 14.0 Å². The Balaban J connectivity index is 2.10. The lowest BCUT2D eigenvalue weighted by Crippen LogP contribution is -2.45. The summed E-state index contributed by atoms with van der Waals surface area (Å²) in [4.78, 5) is 28.8. The third-order valence-corrected chi connectivity index (χ3v) is 4.38. The number of rotatable bonds is 9. The van der Waals surface area contributed by atoms with Gasteiger partial charge in [-0.3, -0.25) is 4.79 Å². The molecule has 6 nitrogen and oxygen atoms in total. The molecule has 0 atom stereocenters. The highest BCUT2D eigenvalue weighted by atomic mass is 19.1. The number of nitrogens with one attached hydrogen (secondary N) is 1. The smallest absolute Gasteiger partial charge is 0.322 e. The van der Waals surface area contributed by atoms with Crippen LogP contribution in [0.5, 0.6) is 0 Å². The van der Waals surface area contributed by atoms with Crippen LogP contribution < -0.4 is 5.32 Å². The van der Waals surface area contributed by atoms with Crippen molar-refractivity contribution in [3.05, 3.63) is 66.8 Å². The highest BCUT2D eigenvalue weighted by Gasteiger charge is 2.22. The molecule has 156 valence electrons. The quantitative estimate of drug-likeness (QED) is 0.650. The van der Waals surface area contributed by atoms with E-state index in [1.165, 1.54) is 23.1 Å². The molecule has 1 heterocycles.